The van der Waals surface area contributed by atoms with Crippen LogP contribution in [0.5, 0.6) is 0 Å². The summed E-state index contributed by atoms with van der Waals surface area (Å²) in [6.07, 6.45) is 3.75. The molecule has 1 aliphatic carbocycles. The number of carbonyl (C=O) groups excluding carboxylic acids is 2. The number of benzene rings is 1. The molecule has 0 bridgehead atoms. The van der Waals surface area contributed by atoms with E-state index in [2.05, 4.69) is 5.32 Å². The van der Waals surface area contributed by atoms with Crippen LogP contribution in [-0.4, -0.2) is 47.4 Å². The first-order valence-corrected chi connectivity index (χ1v) is 8.84. The van der Waals surface area contributed by atoms with Crippen LogP contribution in [0.15, 0.2) is 24.3 Å². The summed E-state index contributed by atoms with van der Waals surface area (Å²) in [4.78, 5) is 37.5. The maximum atomic E-state index is 12.6. The lowest BCUT2D eigenvalue weighted by molar-refractivity contribution is -0.149. The standard InChI is InChI=1S/C19H24N2O4/c1-20-18(23)13-5-2-4-12(10-13)8-9-16(22)21-11-14-6-3-7-15(14)17(21)19(24)25/h2,4-5,10,14-15,17H,3,6-9,11H2,1H3,(H,20,23)(H,24,25). The lowest BCUT2D eigenvalue weighted by Gasteiger charge is -2.24. The SMILES string of the molecule is CNC(=O)c1cccc(CCC(=O)N2CC3CCCC3C2C(=O)O)c1. The van der Waals surface area contributed by atoms with Crippen molar-refractivity contribution in [2.45, 2.75) is 38.1 Å². The van der Waals surface area contributed by atoms with Gasteiger partial charge in [0.2, 0.25) is 5.91 Å². The average Bonchev–Trinajstić information content (AvgIpc) is 3.19. The first kappa shape index (κ1) is 17.5. The van der Waals surface area contributed by atoms with Gasteiger partial charge in [-0.15, -0.1) is 0 Å². The van der Waals surface area contributed by atoms with Gasteiger partial charge in [-0.3, -0.25) is 9.59 Å². The Labute approximate surface area is 147 Å². The molecule has 6 nitrogen and oxygen atoms in total. The summed E-state index contributed by atoms with van der Waals surface area (Å²) < 4.78 is 0. The van der Waals surface area contributed by atoms with Crippen molar-refractivity contribution in [2.75, 3.05) is 13.6 Å². The molecule has 1 aromatic rings. The normalized spacial score (nSPS) is 24.8. The number of likely N-dealkylation sites (tertiary alicyclic amines) is 1. The lowest BCUT2D eigenvalue weighted by Crippen LogP contribution is -2.43. The van der Waals surface area contributed by atoms with Crippen LogP contribution in [-0.2, 0) is 16.0 Å². The summed E-state index contributed by atoms with van der Waals surface area (Å²) in [6.45, 7) is 0.568. The van der Waals surface area contributed by atoms with E-state index in [1.54, 1.807) is 30.1 Å². The fourth-order valence-corrected chi connectivity index (χ4v) is 4.29. The molecule has 2 N–H and O–H groups in total. The van der Waals surface area contributed by atoms with Gasteiger partial charge in [0, 0.05) is 25.6 Å². The number of aryl methyl sites for hydroxylation is 1. The Morgan fingerprint density at radius 2 is 2.08 bits per heavy atom. The molecule has 134 valence electrons. The van der Waals surface area contributed by atoms with E-state index in [1.807, 2.05) is 6.07 Å². The third-order valence-corrected chi connectivity index (χ3v) is 5.51. The monoisotopic (exact) mass is 344 g/mol. The van der Waals surface area contributed by atoms with Crippen LogP contribution in [0.1, 0.15) is 41.6 Å². The second-order valence-electron chi connectivity index (χ2n) is 6.96. The molecule has 1 saturated heterocycles. The molecular formula is C19H24N2O4. The third kappa shape index (κ3) is 3.52. The number of nitrogens with zero attached hydrogens (tertiary/aromatic N) is 1. The summed E-state index contributed by atoms with van der Waals surface area (Å²) in [6, 6.07) is 6.51. The number of amides is 2. The van der Waals surface area contributed by atoms with E-state index in [1.165, 1.54) is 0 Å². The Balaban J connectivity index is 1.64. The second kappa shape index (κ2) is 7.25. The van der Waals surface area contributed by atoms with Gasteiger partial charge in [-0.1, -0.05) is 18.6 Å². The molecule has 3 atom stereocenters. The van der Waals surface area contributed by atoms with Crippen LogP contribution in [0.2, 0.25) is 0 Å². The Morgan fingerprint density at radius 1 is 1.28 bits per heavy atom. The van der Waals surface area contributed by atoms with Crippen LogP contribution < -0.4 is 5.32 Å². The van der Waals surface area contributed by atoms with E-state index in [4.69, 9.17) is 0 Å². The molecule has 1 aromatic carbocycles. The van der Waals surface area contributed by atoms with Crippen molar-refractivity contribution in [1.29, 1.82) is 0 Å². The first-order chi connectivity index (χ1) is 12.0. The topological polar surface area (TPSA) is 86.7 Å². The highest BCUT2D eigenvalue weighted by molar-refractivity contribution is 5.94. The Kier molecular flexibility index (Phi) is 5.06. The molecule has 1 saturated carbocycles. The molecule has 1 aliphatic heterocycles. The minimum Gasteiger partial charge on any atom is -0.480 e. The molecule has 1 heterocycles. The molecule has 0 spiro atoms. The van der Waals surface area contributed by atoms with Crippen molar-refractivity contribution in [3.05, 3.63) is 35.4 Å². The van der Waals surface area contributed by atoms with Gasteiger partial charge in [0.15, 0.2) is 0 Å². The number of rotatable bonds is 5. The van der Waals surface area contributed by atoms with Gasteiger partial charge in [0.05, 0.1) is 0 Å². The molecular weight excluding hydrogens is 320 g/mol. The predicted octanol–water partition coefficient (Wildman–Crippen LogP) is 1.69. The van der Waals surface area contributed by atoms with E-state index < -0.39 is 12.0 Å². The molecule has 3 rings (SSSR count). The molecule has 0 aromatic heterocycles. The highest BCUT2D eigenvalue weighted by Crippen LogP contribution is 2.42. The number of hydrogen-bond donors (Lipinski definition) is 2. The number of carboxylic acid groups (broad SMARTS) is 1. The molecule has 6 heteroatoms. The molecule has 2 aliphatic rings. The minimum atomic E-state index is -0.885. The highest BCUT2D eigenvalue weighted by Gasteiger charge is 2.49. The lowest BCUT2D eigenvalue weighted by atomic mass is 9.94. The van der Waals surface area contributed by atoms with Crippen molar-refractivity contribution < 1.29 is 19.5 Å². The Morgan fingerprint density at radius 3 is 2.80 bits per heavy atom. The summed E-state index contributed by atoms with van der Waals surface area (Å²) in [5.41, 5.74) is 1.47. The molecule has 0 radical (unpaired) electrons. The fourth-order valence-electron chi connectivity index (χ4n) is 4.29. The van der Waals surface area contributed by atoms with E-state index in [0.29, 0.717) is 24.4 Å². The summed E-state index contributed by atoms with van der Waals surface area (Å²) >= 11 is 0. The molecule has 2 fully saturated rings. The van der Waals surface area contributed by atoms with E-state index in [9.17, 15) is 19.5 Å². The zero-order valence-electron chi connectivity index (χ0n) is 14.4. The average molecular weight is 344 g/mol. The van der Waals surface area contributed by atoms with Crippen LogP contribution in [0.3, 0.4) is 0 Å². The zero-order valence-corrected chi connectivity index (χ0v) is 14.4. The van der Waals surface area contributed by atoms with Crippen molar-refractivity contribution >= 4 is 17.8 Å². The smallest absolute Gasteiger partial charge is 0.326 e. The fraction of sp³-hybridized carbons (Fsp3) is 0.526. The second-order valence-corrected chi connectivity index (χ2v) is 6.96. The number of carbonyl (C=O) groups is 3. The van der Waals surface area contributed by atoms with Crippen LogP contribution in [0.4, 0.5) is 0 Å². The molecule has 3 unspecified atom stereocenters. The van der Waals surface area contributed by atoms with Gasteiger partial charge in [0.25, 0.3) is 5.91 Å². The number of hydrogen-bond acceptors (Lipinski definition) is 3. The van der Waals surface area contributed by atoms with Gasteiger partial charge < -0.3 is 15.3 Å². The number of carboxylic acids is 1. The third-order valence-electron chi connectivity index (χ3n) is 5.51. The predicted molar refractivity (Wildman–Crippen MR) is 92.1 cm³/mol. The van der Waals surface area contributed by atoms with E-state index in [-0.39, 0.29) is 24.2 Å². The van der Waals surface area contributed by atoms with Gasteiger partial charge in [-0.2, -0.15) is 0 Å². The van der Waals surface area contributed by atoms with Gasteiger partial charge in [-0.05, 0) is 48.8 Å². The number of aliphatic carboxylic acids is 1. The minimum absolute atomic E-state index is 0.104. The Hall–Kier alpha value is -2.37. The maximum Gasteiger partial charge on any atom is 0.326 e. The summed E-state index contributed by atoms with van der Waals surface area (Å²) in [5.74, 6) is -0.706. The summed E-state index contributed by atoms with van der Waals surface area (Å²) in [7, 11) is 1.58. The van der Waals surface area contributed by atoms with E-state index >= 15 is 0 Å². The summed E-state index contributed by atoms with van der Waals surface area (Å²) in [5, 5.41) is 12.1. The van der Waals surface area contributed by atoms with Crippen LogP contribution in [0.25, 0.3) is 0 Å². The van der Waals surface area contributed by atoms with Crippen molar-refractivity contribution in [1.82, 2.24) is 10.2 Å². The first-order valence-electron chi connectivity index (χ1n) is 8.84. The van der Waals surface area contributed by atoms with Crippen LogP contribution >= 0.6 is 0 Å². The van der Waals surface area contributed by atoms with E-state index in [0.717, 1.165) is 24.8 Å². The molecule has 25 heavy (non-hydrogen) atoms. The Bertz CT molecular complexity index is 688. The zero-order chi connectivity index (χ0) is 18.0. The quantitative estimate of drug-likeness (QED) is 0.851. The highest BCUT2D eigenvalue weighted by atomic mass is 16.4. The van der Waals surface area contributed by atoms with Crippen molar-refractivity contribution in [3.63, 3.8) is 0 Å². The van der Waals surface area contributed by atoms with Crippen molar-refractivity contribution in [2.24, 2.45) is 11.8 Å². The van der Waals surface area contributed by atoms with Crippen LogP contribution in [0, 0.1) is 11.8 Å². The van der Waals surface area contributed by atoms with Gasteiger partial charge in [-0.25, -0.2) is 4.79 Å². The van der Waals surface area contributed by atoms with Gasteiger partial charge >= 0.3 is 5.97 Å². The maximum absolute atomic E-state index is 12.6. The van der Waals surface area contributed by atoms with Gasteiger partial charge in [0.1, 0.15) is 6.04 Å². The largest absolute Gasteiger partial charge is 0.480 e. The van der Waals surface area contributed by atoms with Crippen molar-refractivity contribution in [3.8, 4) is 0 Å². The number of nitrogens with one attached hydrogen (secondary N) is 1. The molecule has 2 amide bonds. The number of fused-ring (bicyclic) bond motifs is 1.